The van der Waals surface area contributed by atoms with Gasteiger partial charge in [-0.3, -0.25) is 9.59 Å². The molecule has 2 amide bonds. The van der Waals surface area contributed by atoms with Crippen molar-refractivity contribution in [3.05, 3.63) is 77.6 Å². The van der Waals surface area contributed by atoms with Crippen LogP contribution in [0.5, 0.6) is 0 Å². The fourth-order valence-corrected chi connectivity index (χ4v) is 5.31. The van der Waals surface area contributed by atoms with Gasteiger partial charge in [-0.15, -0.1) is 0 Å². The number of hydrogen-bond donors (Lipinski definition) is 2. The zero-order chi connectivity index (χ0) is 22.9. The maximum atomic E-state index is 13.0. The highest BCUT2D eigenvalue weighted by molar-refractivity contribution is 7.89. The molecule has 0 radical (unpaired) electrons. The van der Waals surface area contributed by atoms with Crippen molar-refractivity contribution in [1.29, 1.82) is 0 Å². The monoisotopic (exact) mass is 452 g/mol. The molecule has 0 unspecified atom stereocenters. The minimum atomic E-state index is -3.85. The summed E-state index contributed by atoms with van der Waals surface area (Å²) in [4.78, 5) is 24.6. The SMILES string of the molecule is Cc1cc(C(=O)Nc2cccc(S(=O)(=O)N3CCNC(=O)C3)c2)c(C)n1-c1ccccc1. The zero-order valence-corrected chi connectivity index (χ0v) is 18.6. The maximum absolute atomic E-state index is 13.0. The molecule has 0 bridgehead atoms. The van der Waals surface area contributed by atoms with Gasteiger partial charge in [-0.25, -0.2) is 8.42 Å². The first kappa shape index (κ1) is 21.8. The molecule has 1 aliphatic heterocycles. The first-order chi connectivity index (χ1) is 15.3. The molecule has 2 N–H and O–H groups in total. The third kappa shape index (κ3) is 4.17. The smallest absolute Gasteiger partial charge is 0.257 e. The number of piperazine rings is 1. The molecule has 166 valence electrons. The molecule has 0 saturated carbocycles. The van der Waals surface area contributed by atoms with E-state index in [2.05, 4.69) is 10.6 Å². The van der Waals surface area contributed by atoms with E-state index in [-0.39, 0.29) is 36.3 Å². The highest BCUT2D eigenvalue weighted by atomic mass is 32.2. The van der Waals surface area contributed by atoms with E-state index in [0.29, 0.717) is 11.3 Å². The summed E-state index contributed by atoms with van der Waals surface area (Å²) < 4.78 is 29.0. The standard InChI is InChI=1S/C23H24N4O4S/c1-16-13-21(17(2)27(16)19-8-4-3-5-9-19)23(29)25-18-7-6-10-20(14-18)32(30,31)26-12-11-24-22(28)15-26/h3-10,13-14H,11-12,15H2,1-2H3,(H,24,28)(H,25,29). The van der Waals surface area contributed by atoms with Crippen LogP contribution in [-0.2, 0) is 14.8 Å². The lowest BCUT2D eigenvalue weighted by Gasteiger charge is -2.26. The molecular weight excluding hydrogens is 428 g/mol. The van der Waals surface area contributed by atoms with E-state index in [1.807, 2.05) is 54.8 Å². The number of anilines is 1. The highest BCUT2D eigenvalue weighted by Crippen LogP contribution is 2.24. The second-order valence-electron chi connectivity index (χ2n) is 7.63. The minimum absolute atomic E-state index is 0.0276. The van der Waals surface area contributed by atoms with Gasteiger partial charge in [0.15, 0.2) is 0 Å². The molecule has 2 heterocycles. The van der Waals surface area contributed by atoms with Crippen LogP contribution in [0, 0.1) is 13.8 Å². The van der Waals surface area contributed by atoms with Crippen molar-refractivity contribution < 1.29 is 18.0 Å². The van der Waals surface area contributed by atoms with Gasteiger partial charge in [0.05, 0.1) is 17.0 Å². The Labute approximate surface area is 186 Å². The topological polar surface area (TPSA) is 101 Å². The number of aryl methyl sites for hydroxylation is 1. The molecule has 3 aromatic rings. The molecule has 1 fully saturated rings. The molecule has 1 saturated heterocycles. The van der Waals surface area contributed by atoms with Gasteiger partial charge in [0.25, 0.3) is 5.91 Å². The third-order valence-corrected chi connectivity index (χ3v) is 7.26. The number of amides is 2. The van der Waals surface area contributed by atoms with E-state index in [4.69, 9.17) is 0 Å². The van der Waals surface area contributed by atoms with Gasteiger partial charge in [-0.1, -0.05) is 24.3 Å². The molecular formula is C23H24N4O4S. The molecule has 2 aromatic carbocycles. The predicted molar refractivity (Wildman–Crippen MR) is 121 cm³/mol. The van der Waals surface area contributed by atoms with Crippen molar-refractivity contribution >= 4 is 27.5 Å². The van der Waals surface area contributed by atoms with E-state index in [1.165, 1.54) is 12.1 Å². The van der Waals surface area contributed by atoms with Gasteiger partial charge < -0.3 is 15.2 Å². The van der Waals surface area contributed by atoms with Crippen molar-refractivity contribution in [2.45, 2.75) is 18.7 Å². The van der Waals surface area contributed by atoms with Crippen LogP contribution >= 0.6 is 0 Å². The van der Waals surface area contributed by atoms with Crippen molar-refractivity contribution in [2.75, 3.05) is 25.0 Å². The lowest BCUT2D eigenvalue weighted by Crippen LogP contribution is -2.49. The summed E-state index contributed by atoms with van der Waals surface area (Å²) in [6.45, 7) is 4.06. The van der Waals surface area contributed by atoms with E-state index in [9.17, 15) is 18.0 Å². The number of hydrogen-bond acceptors (Lipinski definition) is 4. The van der Waals surface area contributed by atoms with E-state index in [1.54, 1.807) is 12.1 Å². The molecule has 9 heteroatoms. The van der Waals surface area contributed by atoms with Crippen molar-refractivity contribution in [2.24, 2.45) is 0 Å². The van der Waals surface area contributed by atoms with Crippen LogP contribution in [0.4, 0.5) is 5.69 Å². The summed E-state index contributed by atoms with van der Waals surface area (Å²) in [6.07, 6.45) is 0. The Morgan fingerprint density at radius 3 is 2.50 bits per heavy atom. The van der Waals surface area contributed by atoms with Crippen molar-refractivity contribution in [1.82, 2.24) is 14.2 Å². The summed E-state index contributed by atoms with van der Waals surface area (Å²) in [6, 6.07) is 17.6. The summed E-state index contributed by atoms with van der Waals surface area (Å²) in [5, 5.41) is 5.41. The predicted octanol–water partition coefficient (Wildman–Crippen LogP) is 2.47. The van der Waals surface area contributed by atoms with Gasteiger partial charge in [-0.2, -0.15) is 4.31 Å². The Hall–Kier alpha value is -3.43. The van der Waals surface area contributed by atoms with Gasteiger partial charge in [-0.05, 0) is 50.2 Å². The normalized spacial score (nSPS) is 14.8. The largest absolute Gasteiger partial charge is 0.354 e. The molecule has 32 heavy (non-hydrogen) atoms. The minimum Gasteiger partial charge on any atom is -0.354 e. The number of nitrogens with zero attached hydrogens (tertiary/aromatic N) is 2. The van der Waals surface area contributed by atoms with Gasteiger partial charge >= 0.3 is 0 Å². The summed E-state index contributed by atoms with van der Waals surface area (Å²) >= 11 is 0. The number of aromatic nitrogens is 1. The average molecular weight is 453 g/mol. The Morgan fingerprint density at radius 2 is 1.78 bits per heavy atom. The number of para-hydroxylation sites is 1. The quantitative estimate of drug-likeness (QED) is 0.621. The summed E-state index contributed by atoms with van der Waals surface area (Å²) in [5.41, 5.74) is 3.53. The van der Waals surface area contributed by atoms with Crippen LogP contribution < -0.4 is 10.6 Å². The van der Waals surface area contributed by atoms with Crippen LogP contribution in [0.25, 0.3) is 5.69 Å². The highest BCUT2D eigenvalue weighted by Gasteiger charge is 2.29. The first-order valence-corrected chi connectivity index (χ1v) is 11.6. The van der Waals surface area contributed by atoms with Crippen LogP contribution in [-0.4, -0.2) is 48.7 Å². The van der Waals surface area contributed by atoms with E-state index < -0.39 is 10.0 Å². The number of rotatable bonds is 5. The second kappa shape index (κ2) is 8.60. The Bertz CT molecular complexity index is 1280. The van der Waals surface area contributed by atoms with Crippen molar-refractivity contribution in [3.8, 4) is 5.69 Å². The lowest BCUT2D eigenvalue weighted by atomic mass is 10.2. The Kier molecular flexibility index (Phi) is 5.86. The molecule has 0 spiro atoms. The molecule has 4 rings (SSSR count). The van der Waals surface area contributed by atoms with Crippen molar-refractivity contribution in [3.63, 3.8) is 0 Å². The Balaban J connectivity index is 1.58. The van der Waals surface area contributed by atoms with Gasteiger partial charge in [0, 0.05) is 35.9 Å². The fourth-order valence-electron chi connectivity index (χ4n) is 3.87. The van der Waals surface area contributed by atoms with E-state index >= 15 is 0 Å². The van der Waals surface area contributed by atoms with Gasteiger partial charge in [0.1, 0.15) is 0 Å². The number of carbonyl (C=O) groups excluding carboxylic acids is 2. The molecule has 0 aliphatic carbocycles. The zero-order valence-electron chi connectivity index (χ0n) is 17.8. The molecule has 1 aliphatic rings. The third-order valence-electron chi connectivity index (χ3n) is 5.42. The molecule has 1 aromatic heterocycles. The first-order valence-electron chi connectivity index (χ1n) is 10.2. The second-order valence-corrected chi connectivity index (χ2v) is 9.56. The number of nitrogens with one attached hydrogen (secondary N) is 2. The number of carbonyl (C=O) groups is 2. The number of sulfonamides is 1. The van der Waals surface area contributed by atoms with Crippen LogP contribution in [0.15, 0.2) is 65.6 Å². The average Bonchev–Trinajstić information content (AvgIpc) is 3.08. The lowest BCUT2D eigenvalue weighted by molar-refractivity contribution is -0.122. The van der Waals surface area contributed by atoms with Crippen LogP contribution in [0.3, 0.4) is 0 Å². The molecule has 8 nitrogen and oxygen atoms in total. The number of benzene rings is 2. The molecule has 0 atom stereocenters. The van der Waals surface area contributed by atoms with Gasteiger partial charge in [0.2, 0.25) is 15.9 Å². The van der Waals surface area contributed by atoms with Crippen LogP contribution in [0.2, 0.25) is 0 Å². The van der Waals surface area contributed by atoms with E-state index in [0.717, 1.165) is 21.4 Å². The summed E-state index contributed by atoms with van der Waals surface area (Å²) in [7, 11) is -3.85. The maximum Gasteiger partial charge on any atom is 0.257 e. The summed E-state index contributed by atoms with van der Waals surface area (Å²) in [5.74, 6) is -0.662. The Morgan fingerprint density at radius 1 is 1.03 bits per heavy atom. The van der Waals surface area contributed by atoms with Crippen LogP contribution in [0.1, 0.15) is 21.7 Å². The fraction of sp³-hybridized carbons (Fsp3) is 0.217.